The minimum absolute atomic E-state index is 0.0801. The molecule has 0 saturated heterocycles. The molecule has 1 amide bonds. The lowest BCUT2D eigenvalue weighted by molar-refractivity contribution is 0.0954. The molecule has 0 heterocycles. The van der Waals surface area contributed by atoms with Crippen molar-refractivity contribution in [3.63, 3.8) is 0 Å². The fourth-order valence-electron chi connectivity index (χ4n) is 1.32. The van der Waals surface area contributed by atoms with E-state index in [4.69, 9.17) is 11.6 Å². The number of rotatable bonds is 4. The number of carbonyl (C=O) groups excluding carboxylic acids is 1. The van der Waals surface area contributed by atoms with E-state index in [2.05, 4.69) is 28.2 Å². The molecular formula is C12H15BrClNO. The lowest BCUT2D eigenvalue weighted by Crippen LogP contribution is -2.29. The summed E-state index contributed by atoms with van der Waals surface area (Å²) in [7, 11) is 0. The molecule has 0 saturated carbocycles. The van der Waals surface area contributed by atoms with E-state index < -0.39 is 0 Å². The minimum atomic E-state index is -0.0801. The van der Waals surface area contributed by atoms with Gasteiger partial charge in [-0.3, -0.25) is 4.79 Å². The van der Waals surface area contributed by atoms with E-state index in [1.165, 1.54) is 0 Å². The summed E-state index contributed by atoms with van der Waals surface area (Å²) in [4.78, 5) is 12.1. The van der Waals surface area contributed by atoms with Crippen LogP contribution in [0.3, 0.4) is 0 Å². The van der Waals surface area contributed by atoms with Crippen LogP contribution in [0.5, 0.6) is 0 Å². The Hall–Kier alpha value is -0.540. The van der Waals surface area contributed by atoms with Gasteiger partial charge in [-0.2, -0.15) is 0 Å². The first-order valence-electron chi connectivity index (χ1n) is 5.22. The second kappa shape index (κ2) is 6.26. The summed E-state index contributed by atoms with van der Waals surface area (Å²) >= 11 is 9.36. The molecule has 88 valence electrons. The van der Waals surface area contributed by atoms with Gasteiger partial charge in [0.1, 0.15) is 0 Å². The number of hydrogen-bond donors (Lipinski definition) is 1. The zero-order chi connectivity index (χ0) is 12.1. The highest BCUT2D eigenvalue weighted by Gasteiger charge is 2.08. The molecule has 2 nitrogen and oxygen atoms in total. The van der Waals surface area contributed by atoms with Gasteiger partial charge in [0.25, 0.3) is 5.91 Å². The molecule has 0 radical (unpaired) electrons. The number of carbonyl (C=O) groups is 1. The van der Waals surface area contributed by atoms with Gasteiger partial charge in [0.2, 0.25) is 0 Å². The van der Waals surface area contributed by atoms with Crippen molar-refractivity contribution < 1.29 is 4.79 Å². The van der Waals surface area contributed by atoms with Crippen LogP contribution in [0.25, 0.3) is 0 Å². The molecular weight excluding hydrogens is 289 g/mol. The van der Waals surface area contributed by atoms with E-state index in [0.29, 0.717) is 22.0 Å². The molecule has 1 aromatic rings. The minimum Gasteiger partial charge on any atom is -0.351 e. The second-order valence-electron chi connectivity index (χ2n) is 3.73. The van der Waals surface area contributed by atoms with Crippen LogP contribution in [0.15, 0.2) is 18.2 Å². The topological polar surface area (TPSA) is 29.1 Å². The Kier molecular flexibility index (Phi) is 5.29. The molecule has 0 spiro atoms. The van der Waals surface area contributed by atoms with Crippen molar-refractivity contribution in [2.75, 3.05) is 6.54 Å². The van der Waals surface area contributed by atoms with Crippen LogP contribution in [0.2, 0.25) is 5.02 Å². The highest BCUT2D eigenvalue weighted by atomic mass is 79.9. The van der Waals surface area contributed by atoms with Crippen molar-refractivity contribution in [1.82, 2.24) is 5.32 Å². The summed E-state index contributed by atoms with van der Waals surface area (Å²) in [6.07, 6.45) is 0.981. The summed E-state index contributed by atoms with van der Waals surface area (Å²) < 4.78 is 0. The van der Waals surface area contributed by atoms with Gasteiger partial charge in [-0.15, -0.1) is 0 Å². The van der Waals surface area contributed by atoms with Crippen molar-refractivity contribution in [2.45, 2.75) is 25.1 Å². The number of hydrogen-bond acceptors (Lipinski definition) is 1. The van der Waals surface area contributed by atoms with Gasteiger partial charge in [0, 0.05) is 22.0 Å². The monoisotopic (exact) mass is 303 g/mol. The van der Waals surface area contributed by atoms with Crippen molar-refractivity contribution in [1.29, 1.82) is 0 Å². The van der Waals surface area contributed by atoms with Crippen LogP contribution < -0.4 is 5.32 Å². The van der Waals surface area contributed by atoms with Gasteiger partial charge in [-0.05, 0) is 37.1 Å². The SMILES string of the molecule is CCC(Br)CNC(=O)c1cc(C)cc(Cl)c1. The first kappa shape index (κ1) is 13.5. The number of aryl methyl sites for hydroxylation is 1. The lowest BCUT2D eigenvalue weighted by Gasteiger charge is -2.09. The van der Waals surface area contributed by atoms with Crippen LogP contribution in [0, 0.1) is 6.92 Å². The van der Waals surface area contributed by atoms with Gasteiger partial charge in [-0.25, -0.2) is 0 Å². The number of benzene rings is 1. The normalized spacial score (nSPS) is 12.2. The molecule has 0 aliphatic heterocycles. The number of nitrogens with one attached hydrogen (secondary N) is 1. The first-order valence-corrected chi connectivity index (χ1v) is 6.51. The van der Waals surface area contributed by atoms with Gasteiger partial charge >= 0.3 is 0 Å². The molecule has 0 bridgehead atoms. The highest BCUT2D eigenvalue weighted by molar-refractivity contribution is 9.09. The van der Waals surface area contributed by atoms with Gasteiger partial charge in [0.15, 0.2) is 0 Å². The molecule has 1 atom stereocenters. The van der Waals surface area contributed by atoms with Crippen LogP contribution in [0.4, 0.5) is 0 Å². The van der Waals surface area contributed by atoms with Crippen LogP contribution in [-0.2, 0) is 0 Å². The van der Waals surface area contributed by atoms with E-state index in [1.807, 2.05) is 19.1 Å². The maximum absolute atomic E-state index is 11.8. The van der Waals surface area contributed by atoms with Crippen molar-refractivity contribution >= 4 is 33.4 Å². The van der Waals surface area contributed by atoms with Gasteiger partial charge < -0.3 is 5.32 Å². The van der Waals surface area contributed by atoms with Crippen molar-refractivity contribution in [3.8, 4) is 0 Å². The van der Waals surface area contributed by atoms with Crippen LogP contribution >= 0.6 is 27.5 Å². The average molecular weight is 305 g/mol. The van der Waals surface area contributed by atoms with Gasteiger partial charge in [-0.1, -0.05) is 34.5 Å². The summed E-state index contributed by atoms with van der Waals surface area (Å²) in [5.74, 6) is -0.0801. The fourth-order valence-corrected chi connectivity index (χ4v) is 1.77. The maximum atomic E-state index is 11.8. The first-order chi connectivity index (χ1) is 7.52. The number of alkyl halides is 1. The Labute approximate surface area is 110 Å². The average Bonchev–Trinajstić information content (AvgIpc) is 2.23. The number of halogens is 2. The Bertz CT molecular complexity index is 361. The third kappa shape index (κ3) is 4.14. The molecule has 1 N–H and O–H groups in total. The molecule has 1 rings (SSSR count). The molecule has 0 aliphatic carbocycles. The largest absolute Gasteiger partial charge is 0.351 e. The molecule has 0 fully saturated rings. The Morgan fingerprint density at radius 2 is 2.19 bits per heavy atom. The Morgan fingerprint density at radius 3 is 2.75 bits per heavy atom. The summed E-state index contributed by atoms with van der Waals surface area (Å²) in [6.45, 7) is 4.61. The van der Waals surface area contributed by atoms with E-state index in [9.17, 15) is 4.79 Å². The van der Waals surface area contributed by atoms with Crippen LogP contribution in [-0.4, -0.2) is 17.3 Å². The molecule has 1 aromatic carbocycles. The van der Waals surface area contributed by atoms with Crippen molar-refractivity contribution in [3.05, 3.63) is 34.3 Å². The van der Waals surface area contributed by atoms with E-state index >= 15 is 0 Å². The zero-order valence-corrected chi connectivity index (χ0v) is 11.7. The molecule has 16 heavy (non-hydrogen) atoms. The zero-order valence-electron chi connectivity index (χ0n) is 9.39. The third-order valence-electron chi connectivity index (χ3n) is 2.23. The highest BCUT2D eigenvalue weighted by Crippen LogP contribution is 2.14. The van der Waals surface area contributed by atoms with E-state index in [0.717, 1.165) is 12.0 Å². The molecule has 0 aliphatic rings. The second-order valence-corrected chi connectivity index (χ2v) is 5.46. The van der Waals surface area contributed by atoms with E-state index in [1.54, 1.807) is 6.07 Å². The molecule has 4 heteroatoms. The predicted molar refractivity (Wildman–Crippen MR) is 71.5 cm³/mol. The fraction of sp³-hybridized carbons (Fsp3) is 0.417. The smallest absolute Gasteiger partial charge is 0.251 e. The summed E-state index contributed by atoms with van der Waals surface area (Å²) in [5.41, 5.74) is 1.60. The lowest BCUT2D eigenvalue weighted by atomic mass is 10.1. The maximum Gasteiger partial charge on any atom is 0.251 e. The number of amides is 1. The van der Waals surface area contributed by atoms with Crippen LogP contribution in [0.1, 0.15) is 29.3 Å². The third-order valence-corrected chi connectivity index (χ3v) is 3.42. The van der Waals surface area contributed by atoms with Crippen molar-refractivity contribution in [2.24, 2.45) is 0 Å². The summed E-state index contributed by atoms with van der Waals surface area (Å²) in [5, 5.41) is 3.45. The standard InChI is InChI=1S/C12H15BrClNO/c1-3-10(13)7-15-12(16)9-4-8(2)5-11(14)6-9/h4-6,10H,3,7H2,1-2H3,(H,15,16). The van der Waals surface area contributed by atoms with Gasteiger partial charge in [0.05, 0.1) is 0 Å². The van der Waals surface area contributed by atoms with E-state index in [-0.39, 0.29) is 5.91 Å². The summed E-state index contributed by atoms with van der Waals surface area (Å²) in [6, 6.07) is 5.34. The quantitative estimate of drug-likeness (QED) is 0.847. The molecule has 1 unspecified atom stereocenters. The Morgan fingerprint density at radius 1 is 1.50 bits per heavy atom. The Balaban J connectivity index is 2.66. The predicted octanol–water partition coefficient (Wildman–Crippen LogP) is 3.55. The molecule has 0 aromatic heterocycles.